The number of cyclic esters (lactones) is 1. The molecule has 0 unspecified atom stereocenters. The Morgan fingerprint density at radius 2 is 1.71 bits per heavy atom. The van der Waals surface area contributed by atoms with Gasteiger partial charge in [0.25, 0.3) is 5.56 Å². The molecule has 0 radical (unpaired) electrons. The average Bonchev–Trinajstić information content (AvgIpc) is 3.35. The maximum atomic E-state index is 13.6. The number of carbonyl (C=O) groups is 3. The van der Waals surface area contributed by atoms with E-state index in [1.54, 1.807) is 23.6 Å². The van der Waals surface area contributed by atoms with E-state index in [9.17, 15) is 24.3 Å². The van der Waals surface area contributed by atoms with E-state index in [2.05, 4.69) is 10.6 Å². The van der Waals surface area contributed by atoms with E-state index in [4.69, 9.17) is 14.2 Å². The molecule has 0 spiro atoms. The number of ether oxygens (including phenoxy) is 3. The molecule has 0 saturated heterocycles. The number of hydrogen-bond acceptors (Lipinski definition) is 8. The number of nitrogens with one attached hydrogen (secondary N) is 2. The Hall–Kier alpha value is -4.38. The number of nitrogens with zero attached hydrogens (tertiary/aromatic N) is 1. The molecule has 240 valence electrons. The van der Waals surface area contributed by atoms with Crippen molar-refractivity contribution in [1.29, 1.82) is 0 Å². The number of benzene rings is 2. The summed E-state index contributed by atoms with van der Waals surface area (Å²) in [5.74, 6) is -0.333. The number of pyridine rings is 1. The standard InChI is InChI=1S/C34H41N3O8/c1-6-22-23-16-21(44-31(40)35-13-9-8-10-14-36-32(41)45-33(3,4)5)12-11-20(23)15-24-25(22)18-37-28(24)17-27-26(29(37)38)19-43-30(39)34(27,42)7-2/h11-12,15-17,42H,6-10,13-14,18-19H2,1-5H3,(H,35,40)(H,36,41)/t34-/m0/s1. The van der Waals surface area contributed by atoms with Crippen molar-refractivity contribution in [2.45, 2.75) is 91.1 Å². The minimum atomic E-state index is -1.86. The van der Waals surface area contributed by atoms with Crippen molar-refractivity contribution >= 4 is 28.9 Å². The first-order chi connectivity index (χ1) is 21.4. The summed E-state index contributed by atoms with van der Waals surface area (Å²) < 4.78 is 17.7. The molecule has 2 amide bonds. The van der Waals surface area contributed by atoms with Crippen LogP contribution in [0.15, 0.2) is 35.1 Å². The molecule has 0 fully saturated rings. The van der Waals surface area contributed by atoms with Gasteiger partial charge in [-0.2, -0.15) is 0 Å². The van der Waals surface area contributed by atoms with Gasteiger partial charge in [-0.1, -0.05) is 19.9 Å². The van der Waals surface area contributed by atoms with Crippen molar-refractivity contribution in [2.24, 2.45) is 0 Å². The Morgan fingerprint density at radius 3 is 2.38 bits per heavy atom. The lowest BCUT2D eigenvalue weighted by Gasteiger charge is -2.31. The van der Waals surface area contributed by atoms with Gasteiger partial charge in [0.1, 0.15) is 18.0 Å². The van der Waals surface area contributed by atoms with Gasteiger partial charge < -0.3 is 34.5 Å². The van der Waals surface area contributed by atoms with Crippen molar-refractivity contribution in [3.63, 3.8) is 0 Å². The van der Waals surface area contributed by atoms with E-state index in [-0.39, 0.29) is 18.6 Å². The summed E-state index contributed by atoms with van der Waals surface area (Å²) in [6, 6.07) is 9.22. The molecule has 45 heavy (non-hydrogen) atoms. The molecule has 3 heterocycles. The van der Waals surface area contributed by atoms with E-state index < -0.39 is 29.4 Å². The topological polar surface area (TPSA) is 145 Å². The highest BCUT2D eigenvalue weighted by Gasteiger charge is 2.45. The molecule has 0 aliphatic carbocycles. The Balaban J connectivity index is 1.26. The quantitative estimate of drug-likeness (QED) is 0.175. The van der Waals surface area contributed by atoms with Crippen molar-refractivity contribution < 1.29 is 33.7 Å². The summed E-state index contributed by atoms with van der Waals surface area (Å²) in [6.07, 6.45) is 2.09. The number of amides is 2. The smallest absolute Gasteiger partial charge is 0.412 e. The molecular formula is C34H41N3O8. The second-order valence-corrected chi connectivity index (χ2v) is 12.5. The lowest BCUT2D eigenvalue weighted by atomic mass is 9.85. The summed E-state index contributed by atoms with van der Waals surface area (Å²) in [5, 5.41) is 18.5. The lowest BCUT2D eigenvalue weighted by Crippen LogP contribution is -2.44. The molecule has 5 rings (SSSR count). The van der Waals surface area contributed by atoms with Gasteiger partial charge in [-0.05, 0) is 99.0 Å². The van der Waals surface area contributed by atoms with Gasteiger partial charge in [0.15, 0.2) is 5.60 Å². The molecule has 2 aliphatic heterocycles. The first-order valence-electron chi connectivity index (χ1n) is 15.5. The van der Waals surface area contributed by atoms with Gasteiger partial charge in [-0.15, -0.1) is 0 Å². The van der Waals surface area contributed by atoms with E-state index in [0.717, 1.165) is 46.7 Å². The highest BCUT2D eigenvalue weighted by molar-refractivity contribution is 5.94. The van der Waals surface area contributed by atoms with E-state index in [1.807, 2.05) is 45.9 Å². The fourth-order valence-electron chi connectivity index (χ4n) is 6.07. The summed E-state index contributed by atoms with van der Waals surface area (Å²) in [5.41, 5.74) is 1.51. The van der Waals surface area contributed by atoms with Crippen LogP contribution in [0.1, 0.15) is 82.6 Å². The Morgan fingerprint density at radius 1 is 1.00 bits per heavy atom. The zero-order valence-corrected chi connectivity index (χ0v) is 26.5. The molecule has 2 aromatic carbocycles. The fraction of sp³-hybridized carbons (Fsp3) is 0.471. The van der Waals surface area contributed by atoms with Crippen LogP contribution in [0.25, 0.3) is 22.0 Å². The minimum Gasteiger partial charge on any atom is -0.458 e. The van der Waals surface area contributed by atoms with Crippen molar-refractivity contribution in [3.05, 3.63) is 62.9 Å². The van der Waals surface area contributed by atoms with Crippen molar-refractivity contribution in [2.75, 3.05) is 13.1 Å². The third-order valence-electron chi connectivity index (χ3n) is 8.33. The number of fused-ring (bicyclic) bond motifs is 5. The van der Waals surface area contributed by atoms with E-state index >= 15 is 0 Å². The highest BCUT2D eigenvalue weighted by Crippen LogP contribution is 2.42. The molecule has 3 aromatic rings. The van der Waals surface area contributed by atoms with Crippen LogP contribution in [0.2, 0.25) is 0 Å². The summed E-state index contributed by atoms with van der Waals surface area (Å²) in [4.78, 5) is 50.3. The van der Waals surface area contributed by atoms with Crippen molar-refractivity contribution in [3.8, 4) is 17.0 Å². The molecule has 11 nitrogen and oxygen atoms in total. The number of rotatable bonds is 9. The maximum Gasteiger partial charge on any atom is 0.412 e. The number of hydrogen-bond donors (Lipinski definition) is 3. The normalized spacial score (nSPS) is 16.8. The molecule has 1 aromatic heterocycles. The second-order valence-electron chi connectivity index (χ2n) is 12.5. The van der Waals surface area contributed by atoms with E-state index in [0.29, 0.717) is 48.6 Å². The molecular weight excluding hydrogens is 578 g/mol. The Labute approximate surface area is 261 Å². The zero-order valence-electron chi connectivity index (χ0n) is 26.5. The van der Waals surface area contributed by atoms with Crippen molar-refractivity contribution in [1.82, 2.24) is 15.2 Å². The van der Waals surface area contributed by atoms with Gasteiger partial charge in [-0.25, -0.2) is 14.4 Å². The highest BCUT2D eigenvalue weighted by atomic mass is 16.6. The number of alkyl carbamates (subject to hydrolysis) is 1. The molecule has 3 N–H and O–H groups in total. The van der Waals surface area contributed by atoms with Crippen LogP contribution in [-0.4, -0.2) is 46.5 Å². The number of aryl methyl sites for hydroxylation is 1. The SMILES string of the molecule is CCc1c2c(cc3ccc(OC(=O)NCCCCCNC(=O)OC(C)(C)C)cc13)-c1cc3c(c(=O)n1C2)COC(=O)[C@]3(O)CC. The number of aromatic nitrogens is 1. The van der Waals surface area contributed by atoms with Gasteiger partial charge in [-0.3, -0.25) is 4.79 Å². The van der Waals surface area contributed by atoms with Gasteiger partial charge >= 0.3 is 18.2 Å². The number of carbonyl (C=O) groups excluding carboxylic acids is 3. The van der Waals surface area contributed by atoms with Crippen LogP contribution in [0, 0.1) is 0 Å². The number of esters is 1. The van der Waals surface area contributed by atoms with Crippen LogP contribution >= 0.6 is 0 Å². The van der Waals surface area contributed by atoms with Crippen LogP contribution < -0.4 is 20.9 Å². The Kier molecular flexibility index (Phi) is 8.93. The van der Waals surface area contributed by atoms with E-state index in [1.165, 1.54) is 0 Å². The molecule has 0 saturated carbocycles. The monoisotopic (exact) mass is 619 g/mol. The predicted molar refractivity (Wildman–Crippen MR) is 168 cm³/mol. The lowest BCUT2D eigenvalue weighted by molar-refractivity contribution is -0.172. The average molecular weight is 620 g/mol. The summed E-state index contributed by atoms with van der Waals surface area (Å²) in [7, 11) is 0. The first kappa shape index (κ1) is 32.0. The van der Waals surface area contributed by atoms with Gasteiger partial charge in [0.05, 0.1) is 17.8 Å². The minimum absolute atomic E-state index is 0.0935. The number of unbranched alkanes of at least 4 members (excludes halogenated alkanes) is 2. The first-order valence-corrected chi connectivity index (χ1v) is 15.5. The van der Waals surface area contributed by atoms with Crippen LogP contribution in [0.4, 0.5) is 9.59 Å². The van der Waals surface area contributed by atoms with Crippen LogP contribution in [0.5, 0.6) is 5.75 Å². The number of aliphatic hydroxyl groups is 1. The molecule has 2 aliphatic rings. The third kappa shape index (κ3) is 6.40. The third-order valence-corrected chi connectivity index (χ3v) is 8.33. The molecule has 1 atom stereocenters. The zero-order chi connectivity index (χ0) is 32.5. The van der Waals surface area contributed by atoms with Gasteiger partial charge in [0.2, 0.25) is 0 Å². The summed E-state index contributed by atoms with van der Waals surface area (Å²) in [6.45, 7) is 10.3. The Bertz CT molecular complexity index is 1720. The fourth-order valence-corrected chi connectivity index (χ4v) is 6.07. The van der Waals surface area contributed by atoms with Gasteiger partial charge in [0, 0.05) is 24.2 Å². The maximum absolute atomic E-state index is 13.6. The molecule has 11 heteroatoms. The largest absolute Gasteiger partial charge is 0.458 e. The van der Waals surface area contributed by atoms with Crippen LogP contribution in [0.3, 0.4) is 0 Å². The van der Waals surface area contributed by atoms with Crippen LogP contribution in [-0.2, 0) is 39.4 Å². The summed E-state index contributed by atoms with van der Waals surface area (Å²) >= 11 is 0. The second kappa shape index (κ2) is 12.5. The molecule has 0 bridgehead atoms. The predicted octanol–water partition coefficient (Wildman–Crippen LogP) is 5.03.